The highest BCUT2D eigenvalue weighted by Gasteiger charge is 2.11. The highest BCUT2D eigenvalue weighted by Crippen LogP contribution is 2.11. The van der Waals surface area contributed by atoms with Crippen LogP contribution in [0.3, 0.4) is 0 Å². The first-order valence-corrected chi connectivity index (χ1v) is 8.06. The van der Waals surface area contributed by atoms with Gasteiger partial charge in [-0.15, -0.1) is 0 Å². The average Bonchev–Trinajstić information content (AvgIpc) is 2.46. The van der Waals surface area contributed by atoms with Gasteiger partial charge in [0, 0.05) is 24.2 Å². The summed E-state index contributed by atoms with van der Waals surface area (Å²) in [6.45, 7) is 6.66. The van der Waals surface area contributed by atoms with Crippen molar-refractivity contribution in [3.63, 3.8) is 0 Å². The smallest absolute Gasteiger partial charge is 0.325 e. The number of hydrogen-bond acceptors (Lipinski definition) is 3. The molecule has 0 aliphatic rings. The van der Waals surface area contributed by atoms with Crippen LogP contribution < -0.4 is 16.6 Å². The third-order valence-corrected chi connectivity index (χ3v) is 3.99. The maximum Gasteiger partial charge on any atom is 0.325 e. The monoisotopic (exact) mass is 309 g/mol. The van der Waals surface area contributed by atoms with E-state index in [9.17, 15) is 14.4 Å². The van der Waals surface area contributed by atoms with E-state index in [1.807, 2.05) is 0 Å². The number of rotatable bonds is 9. The van der Waals surface area contributed by atoms with Crippen LogP contribution in [0.2, 0.25) is 0 Å². The second-order valence-electron chi connectivity index (χ2n) is 5.73. The zero-order valence-corrected chi connectivity index (χ0v) is 13.8. The fourth-order valence-electron chi connectivity index (χ4n) is 2.46. The molecule has 1 aromatic heterocycles. The molecule has 1 amide bonds. The Bertz CT molecular complexity index is 589. The van der Waals surface area contributed by atoms with Crippen molar-refractivity contribution < 1.29 is 4.79 Å². The maximum atomic E-state index is 11.9. The van der Waals surface area contributed by atoms with E-state index < -0.39 is 11.2 Å². The highest BCUT2D eigenvalue weighted by molar-refractivity contribution is 5.76. The van der Waals surface area contributed by atoms with Crippen molar-refractivity contribution in [2.24, 2.45) is 5.92 Å². The van der Waals surface area contributed by atoms with Crippen LogP contribution in [-0.4, -0.2) is 22.4 Å². The van der Waals surface area contributed by atoms with E-state index in [-0.39, 0.29) is 12.3 Å². The van der Waals surface area contributed by atoms with Gasteiger partial charge in [0.15, 0.2) is 0 Å². The molecule has 3 N–H and O–H groups in total. The molecule has 6 heteroatoms. The van der Waals surface area contributed by atoms with E-state index in [1.54, 1.807) is 6.92 Å². The molecule has 1 rings (SSSR count). The molecule has 22 heavy (non-hydrogen) atoms. The fourth-order valence-corrected chi connectivity index (χ4v) is 2.46. The molecular weight excluding hydrogens is 282 g/mol. The molecule has 0 bridgehead atoms. The lowest BCUT2D eigenvalue weighted by Crippen LogP contribution is -2.31. The number of nitrogens with one attached hydrogen (secondary N) is 3. The Kier molecular flexibility index (Phi) is 7.63. The van der Waals surface area contributed by atoms with Crippen LogP contribution in [-0.2, 0) is 11.2 Å². The summed E-state index contributed by atoms with van der Waals surface area (Å²) < 4.78 is 0. The van der Waals surface area contributed by atoms with Gasteiger partial charge in [0.25, 0.3) is 5.56 Å². The Morgan fingerprint density at radius 2 is 1.95 bits per heavy atom. The van der Waals surface area contributed by atoms with Gasteiger partial charge in [0.2, 0.25) is 5.91 Å². The first-order valence-electron chi connectivity index (χ1n) is 8.06. The quantitative estimate of drug-likeness (QED) is 0.647. The number of aromatic amines is 2. The molecule has 0 aromatic carbocycles. The van der Waals surface area contributed by atoms with Crippen molar-refractivity contribution in [3.05, 3.63) is 32.1 Å². The molecule has 0 saturated heterocycles. The number of carbonyl (C=O) groups is 1. The summed E-state index contributed by atoms with van der Waals surface area (Å²) in [6.07, 6.45) is 5.11. The van der Waals surface area contributed by atoms with Gasteiger partial charge in [0.1, 0.15) is 0 Å². The summed E-state index contributed by atoms with van der Waals surface area (Å²) in [6, 6.07) is 0. The summed E-state index contributed by atoms with van der Waals surface area (Å²) in [5.41, 5.74) is 0.0598. The molecule has 1 unspecified atom stereocenters. The van der Waals surface area contributed by atoms with Crippen LogP contribution in [0.5, 0.6) is 0 Å². The van der Waals surface area contributed by atoms with Crippen molar-refractivity contribution in [2.75, 3.05) is 6.54 Å². The molecule has 1 atom stereocenters. The Balaban J connectivity index is 2.47. The topological polar surface area (TPSA) is 94.8 Å². The number of aryl methyl sites for hydroxylation is 1. The van der Waals surface area contributed by atoms with E-state index in [0.717, 1.165) is 12.8 Å². The lowest BCUT2D eigenvalue weighted by atomic mass is 9.99. The van der Waals surface area contributed by atoms with Crippen LogP contribution in [0.4, 0.5) is 0 Å². The highest BCUT2D eigenvalue weighted by atomic mass is 16.2. The van der Waals surface area contributed by atoms with Crippen molar-refractivity contribution in [1.82, 2.24) is 15.3 Å². The Morgan fingerprint density at radius 1 is 1.23 bits per heavy atom. The van der Waals surface area contributed by atoms with Gasteiger partial charge in [-0.25, -0.2) is 4.79 Å². The van der Waals surface area contributed by atoms with E-state index >= 15 is 0 Å². The Hall–Kier alpha value is -1.85. The predicted octanol–water partition coefficient (Wildman–Crippen LogP) is 1.64. The number of unbranched alkanes of at least 4 members (excludes halogenated alkanes) is 1. The van der Waals surface area contributed by atoms with Crippen molar-refractivity contribution >= 4 is 5.91 Å². The van der Waals surface area contributed by atoms with Crippen LogP contribution >= 0.6 is 0 Å². The number of amides is 1. The van der Waals surface area contributed by atoms with Crippen molar-refractivity contribution in [1.29, 1.82) is 0 Å². The van der Waals surface area contributed by atoms with E-state index in [1.165, 1.54) is 12.8 Å². The third-order valence-electron chi connectivity index (χ3n) is 3.99. The first kappa shape index (κ1) is 18.2. The fraction of sp³-hybridized carbons (Fsp3) is 0.688. The van der Waals surface area contributed by atoms with Gasteiger partial charge in [-0.1, -0.05) is 33.1 Å². The second kappa shape index (κ2) is 9.23. The van der Waals surface area contributed by atoms with Gasteiger partial charge in [-0.3, -0.25) is 14.6 Å². The van der Waals surface area contributed by atoms with E-state index in [4.69, 9.17) is 0 Å². The number of carbonyl (C=O) groups excluding carboxylic acids is 1. The number of aromatic nitrogens is 2. The van der Waals surface area contributed by atoms with Crippen LogP contribution in [0, 0.1) is 12.8 Å². The zero-order chi connectivity index (χ0) is 16.5. The van der Waals surface area contributed by atoms with Crippen LogP contribution in [0.1, 0.15) is 57.2 Å². The van der Waals surface area contributed by atoms with E-state index in [2.05, 4.69) is 29.1 Å². The maximum absolute atomic E-state index is 11.9. The second-order valence-corrected chi connectivity index (χ2v) is 5.73. The molecular formula is C16H27N3O3. The van der Waals surface area contributed by atoms with E-state index in [0.29, 0.717) is 30.1 Å². The van der Waals surface area contributed by atoms with Gasteiger partial charge < -0.3 is 10.3 Å². The van der Waals surface area contributed by atoms with Gasteiger partial charge >= 0.3 is 5.69 Å². The van der Waals surface area contributed by atoms with Gasteiger partial charge in [-0.2, -0.15) is 0 Å². The molecule has 0 aliphatic heterocycles. The van der Waals surface area contributed by atoms with Gasteiger partial charge in [0.05, 0.1) is 0 Å². The summed E-state index contributed by atoms with van der Waals surface area (Å²) in [5, 5.41) is 2.94. The largest absolute Gasteiger partial charge is 0.356 e. The summed E-state index contributed by atoms with van der Waals surface area (Å²) in [7, 11) is 0. The van der Waals surface area contributed by atoms with Crippen LogP contribution in [0.15, 0.2) is 9.59 Å². The normalized spacial score (nSPS) is 12.1. The lowest BCUT2D eigenvalue weighted by Gasteiger charge is -2.15. The minimum atomic E-state index is -0.516. The molecule has 0 aliphatic carbocycles. The predicted molar refractivity (Wildman–Crippen MR) is 87.1 cm³/mol. The average molecular weight is 309 g/mol. The summed E-state index contributed by atoms with van der Waals surface area (Å²) >= 11 is 0. The van der Waals surface area contributed by atoms with Crippen LogP contribution in [0.25, 0.3) is 0 Å². The molecule has 6 nitrogen and oxygen atoms in total. The molecule has 0 saturated carbocycles. The number of H-pyrrole nitrogens is 2. The molecule has 1 heterocycles. The zero-order valence-electron chi connectivity index (χ0n) is 13.8. The minimum absolute atomic E-state index is 0.0556. The third kappa shape index (κ3) is 5.87. The Labute approximate surface area is 130 Å². The standard InChI is InChI=1S/C16H27N3O3/c1-4-6-7-12(5-2)10-17-14(20)9-8-13-11(3)18-16(22)19-15(13)21/h12H,4-10H2,1-3H3,(H,17,20)(H2,18,19,21,22). The summed E-state index contributed by atoms with van der Waals surface area (Å²) in [4.78, 5) is 39.4. The molecule has 0 radical (unpaired) electrons. The lowest BCUT2D eigenvalue weighted by molar-refractivity contribution is -0.121. The molecule has 124 valence electrons. The number of hydrogen-bond donors (Lipinski definition) is 3. The Morgan fingerprint density at radius 3 is 2.55 bits per heavy atom. The first-order chi connectivity index (χ1) is 10.5. The van der Waals surface area contributed by atoms with Crippen molar-refractivity contribution in [3.8, 4) is 0 Å². The SMILES string of the molecule is CCCCC(CC)CNC(=O)CCc1c(C)[nH]c(=O)[nH]c1=O. The summed E-state index contributed by atoms with van der Waals surface area (Å²) in [5.74, 6) is 0.460. The molecule has 0 fully saturated rings. The molecule has 1 aromatic rings. The van der Waals surface area contributed by atoms with Gasteiger partial charge in [-0.05, 0) is 25.7 Å². The van der Waals surface area contributed by atoms with Crippen molar-refractivity contribution in [2.45, 2.75) is 59.3 Å². The minimum Gasteiger partial charge on any atom is -0.356 e. The molecule has 0 spiro atoms.